The van der Waals surface area contributed by atoms with Crippen LogP contribution in [-0.2, 0) is 9.47 Å². The van der Waals surface area contributed by atoms with Gasteiger partial charge in [0.25, 0.3) is 0 Å². The van der Waals surface area contributed by atoms with Gasteiger partial charge in [0.1, 0.15) is 0 Å². The number of rotatable bonds is 0. The van der Waals surface area contributed by atoms with Crippen LogP contribution in [0, 0.1) is 35.5 Å². The Balaban J connectivity index is 1.65. The standard InChI is InChI=1S/C11H10BrClO2/c12-10-6-3-7(10)5-8(4(6)9(3,5)13)11(10)14-1-2-15-11/h3-8H,1-2H2/t3?,4-,5-,6-,7+,8?,9?,10?/m0/s1. The van der Waals surface area contributed by atoms with E-state index in [0.717, 1.165) is 31.0 Å². The molecule has 7 rings (SSSR count). The molecule has 0 aromatic heterocycles. The van der Waals surface area contributed by atoms with Gasteiger partial charge in [-0.15, -0.1) is 11.6 Å². The SMILES string of the molecule is ClC12C3[C@@H]4[C@H]1C1[C@@H]2[C@H]3C4(Br)C12OCCO2. The second-order valence-electron chi connectivity index (χ2n) is 6.11. The molecule has 0 radical (unpaired) electrons. The number of halogens is 2. The van der Waals surface area contributed by atoms with Crippen LogP contribution in [0.1, 0.15) is 0 Å². The highest BCUT2D eigenvalue weighted by atomic mass is 79.9. The highest BCUT2D eigenvalue weighted by molar-refractivity contribution is 9.10. The molecule has 1 spiro atoms. The van der Waals surface area contributed by atoms with Crippen LogP contribution in [0.2, 0.25) is 0 Å². The van der Waals surface area contributed by atoms with Gasteiger partial charge < -0.3 is 9.47 Å². The average molecular weight is 290 g/mol. The van der Waals surface area contributed by atoms with Crippen molar-refractivity contribution in [3.05, 3.63) is 0 Å². The van der Waals surface area contributed by atoms with Gasteiger partial charge in [-0.05, 0) is 29.6 Å². The molecule has 6 aliphatic carbocycles. The lowest BCUT2D eigenvalue weighted by Crippen LogP contribution is -2.94. The van der Waals surface area contributed by atoms with E-state index in [2.05, 4.69) is 15.9 Å². The van der Waals surface area contributed by atoms with Gasteiger partial charge in [0, 0.05) is 5.92 Å². The molecule has 8 atom stereocenters. The molecule has 0 amide bonds. The van der Waals surface area contributed by atoms with E-state index < -0.39 is 0 Å². The zero-order chi connectivity index (χ0) is 9.79. The van der Waals surface area contributed by atoms with E-state index in [1.165, 1.54) is 0 Å². The summed E-state index contributed by atoms with van der Waals surface area (Å²) in [6, 6.07) is 0. The van der Waals surface area contributed by atoms with Crippen molar-refractivity contribution in [2.75, 3.05) is 13.2 Å². The highest BCUT2D eigenvalue weighted by Gasteiger charge is 3.09. The molecular formula is C11H10BrClO2. The molecule has 2 bridgehead atoms. The smallest absolute Gasteiger partial charge is 0.187 e. The van der Waals surface area contributed by atoms with E-state index in [0.29, 0.717) is 17.8 Å². The Kier molecular flexibility index (Phi) is 0.877. The first-order chi connectivity index (χ1) is 7.19. The largest absolute Gasteiger partial charge is 0.346 e. The molecule has 1 aliphatic heterocycles. The van der Waals surface area contributed by atoms with E-state index in [9.17, 15) is 0 Å². The molecule has 7 fully saturated rings. The summed E-state index contributed by atoms with van der Waals surface area (Å²) >= 11 is 10.7. The lowest BCUT2D eigenvalue weighted by molar-refractivity contribution is -0.345. The van der Waals surface area contributed by atoms with Crippen LogP contribution in [0.25, 0.3) is 0 Å². The zero-order valence-electron chi connectivity index (χ0n) is 7.95. The van der Waals surface area contributed by atoms with Crippen molar-refractivity contribution in [1.29, 1.82) is 0 Å². The Morgan fingerprint density at radius 2 is 1.47 bits per heavy atom. The highest BCUT2D eigenvalue weighted by Crippen LogP contribution is 3.03. The quantitative estimate of drug-likeness (QED) is 0.631. The van der Waals surface area contributed by atoms with Crippen LogP contribution in [0.4, 0.5) is 0 Å². The predicted molar refractivity (Wildman–Crippen MR) is 55.8 cm³/mol. The van der Waals surface area contributed by atoms with Crippen molar-refractivity contribution >= 4 is 27.5 Å². The number of alkyl halides is 2. The molecule has 0 N–H and O–H groups in total. The molecule has 4 heteroatoms. The Hall–Kier alpha value is 0.690. The van der Waals surface area contributed by atoms with E-state index in [4.69, 9.17) is 21.1 Å². The molecule has 80 valence electrons. The number of ether oxygens (including phenoxy) is 2. The van der Waals surface area contributed by atoms with E-state index in [1.807, 2.05) is 0 Å². The van der Waals surface area contributed by atoms with Gasteiger partial charge in [-0.25, -0.2) is 0 Å². The van der Waals surface area contributed by atoms with Crippen molar-refractivity contribution in [1.82, 2.24) is 0 Å². The van der Waals surface area contributed by atoms with Crippen molar-refractivity contribution < 1.29 is 9.47 Å². The monoisotopic (exact) mass is 288 g/mol. The zero-order valence-corrected chi connectivity index (χ0v) is 10.3. The fraction of sp³-hybridized carbons (Fsp3) is 1.00. The Labute approximate surface area is 101 Å². The van der Waals surface area contributed by atoms with Gasteiger partial charge >= 0.3 is 0 Å². The first kappa shape index (κ1) is 7.91. The summed E-state index contributed by atoms with van der Waals surface area (Å²) in [5, 5.41) is 0. The van der Waals surface area contributed by atoms with Crippen LogP contribution in [-0.4, -0.2) is 28.2 Å². The summed E-state index contributed by atoms with van der Waals surface area (Å²) in [5.41, 5.74) is 0. The summed E-state index contributed by atoms with van der Waals surface area (Å²) in [7, 11) is 0. The molecule has 4 unspecified atom stereocenters. The fourth-order valence-corrected chi connectivity index (χ4v) is 8.93. The van der Waals surface area contributed by atoms with Crippen molar-refractivity contribution in [2.24, 2.45) is 35.5 Å². The molecule has 1 heterocycles. The summed E-state index contributed by atoms with van der Waals surface area (Å²) in [6.45, 7) is 1.53. The van der Waals surface area contributed by atoms with Crippen LogP contribution in [0.5, 0.6) is 0 Å². The molecule has 0 aromatic carbocycles. The molecule has 15 heavy (non-hydrogen) atoms. The molecular weight excluding hydrogens is 279 g/mol. The summed E-state index contributed by atoms with van der Waals surface area (Å²) in [6.07, 6.45) is 0. The van der Waals surface area contributed by atoms with Crippen molar-refractivity contribution in [3.8, 4) is 0 Å². The lowest BCUT2D eigenvalue weighted by atomic mass is 9.19. The molecule has 6 saturated carbocycles. The molecule has 0 aromatic rings. The second kappa shape index (κ2) is 1.66. The van der Waals surface area contributed by atoms with Gasteiger partial charge in [0.2, 0.25) is 0 Å². The molecule has 7 aliphatic rings. The Morgan fingerprint density at radius 3 is 2.00 bits per heavy atom. The first-order valence-corrected chi connectivity index (χ1v) is 7.02. The summed E-state index contributed by atoms with van der Waals surface area (Å²) in [4.78, 5) is 0.191. The van der Waals surface area contributed by atoms with Crippen molar-refractivity contribution in [3.63, 3.8) is 0 Å². The van der Waals surface area contributed by atoms with Gasteiger partial charge in [0.05, 0.1) is 22.4 Å². The fourth-order valence-electron chi connectivity index (χ4n) is 6.49. The third-order valence-electron chi connectivity index (χ3n) is 6.51. The normalized spacial score (nSPS) is 82.0. The molecule has 2 nitrogen and oxygen atoms in total. The van der Waals surface area contributed by atoms with Gasteiger partial charge in [0.15, 0.2) is 5.79 Å². The van der Waals surface area contributed by atoms with E-state index in [-0.39, 0.29) is 15.0 Å². The van der Waals surface area contributed by atoms with Crippen LogP contribution >= 0.6 is 27.5 Å². The van der Waals surface area contributed by atoms with E-state index in [1.54, 1.807) is 0 Å². The second-order valence-corrected chi connectivity index (χ2v) is 8.08. The first-order valence-electron chi connectivity index (χ1n) is 5.85. The van der Waals surface area contributed by atoms with Crippen molar-refractivity contribution in [2.45, 2.75) is 15.0 Å². The lowest BCUT2D eigenvalue weighted by Gasteiger charge is -2.89. The minimum atomic E-state index is -0.275. The average Bonchev–Trinajstić information content (AvgIpc) is 2.78. The minimum Gasteiger partial charge on any atom is -0.346 e. The van der Waals surface area contributed by atoms with E-state index >= 15 is 0 Å². The summed E-state index contributed by atoms with van der Waals surface area (Å²) in [5.74, 6) is 4.02. The number of hydrogen-bond donors (Lipinski definition) is 0. The molecule has 1 saturated heterocycles. The maximum absolute atomic E-state index is 6.68. The van der Waals surface area contributed by atoms with Gasteiger partial charge in [-0.1, -0.05) is 15.9 Å². The third-order valence-corrected chi connectivity index (χ3v) is 8.88. The van der Waals surface area contributed by atoms with Gasteiger partial charge in [-0.2, -0.15) is 0 Å². The Bertz CT molecular complexity index is 412. The Morgan fingerprint density at radius 1 is 0.933 bits per heavy atom. The van der Waals surface area contributed by atoms with Crippen LogP contribution in [0.3, 0.4) is 0 Å². The van der Waals surface area contributed by atoms with Crippen LogP contribution < -0.4 is 0 Å². The predicted octanol–water partition coefficient (Wildman–Crippen LogP) is 1.61. The topological polar surface area (TPSA) is 18.5 Å². The van der Waals surface area contributed by atoms with Crippen LogP contribution in [0.15, 0.2) is 0 Å². The third kappa shape index (κ3) is 0.382. The maximum Gasteiger partial charge on any atom is 0.187 e. The summed E-state index contributed by atoms with van der Waals surface area (Å²) < 4.78 is 12.2. The number of hydrogen-bond acceptors (Lipinski definition) is 2. The van der Waals surface area contributed by atoms with Gasteiger partial charge in [-0.3, -0.25) is 0 Å². The maximum atomic E-state index is 6.68. The minimum absolute atomic E-state index is 0.151.